The molecule has 4 heterocycles. The molecule has 2 atom stereocenters. The second-order valence-corrected chi connectivity index (χ2v) is 6.65. The van der Waals surface area contributed by atoms with E-state index in [0.29, 0.717) is 18.3 Å². The summed E-state index contributed by atoms with van der Waals surface area (Å²) in [6.07, 6.45) is 5.08. The molecule has 2 aromatic rings. The number of nitrogens with zero attached hydrogens (tertiary/aromatic N) is 3. The van der Waals surface area contributed by atoms with E-state index >= 15 is 0 Å². The summed E-state index contributed by atoms with van der Waals surface area (Å²) < 4.78 is 5.44. The van der Waals surface area contributed by atoms with Crippen LogP contribution in [0.25, 0.3) is 10.8 Å². The molecule has 4 rings (SSSR count). The number of anilines is 2. The van der Waals surface area contributed by atoms with E-state index in [2.05, 4.69) is 32.0 Å². The SMILES string of the molecule is N#Cc1cc2cnc(NC3CCCNC3)cc2c(NC2CCOC2)n1. The summed E-state index contributed by atoms with van der Waals surface area (Å²) in [5, 5.41) is 21.5. The molecule has 0 saturated carbocycles. The van der Waals surface area contributed by atoms with Gasteiger partial charge in [0.15, 0.2) is 0 Å². The number of hydrogen-bond donors (Lipinski definition) is 3. The zero-order chi connectivity index (χ0) is 17.1. The van der Waals surface area contributed by atoms with E-state index in [1.165, 1.54) is 6.42 Å². The highest BCUT2D eigenvalue weighted by atomic mass is 16.5. The van der Waals surface area contributed by atoms with Crippen molar-refractivity contribution in [3.8, 4) is 6.07 Å². The van der Waals surface area contributed by atoms with Crippen LogP contribution in [0.4, 0.5) is 11.6 Å². The van der Waals surface area contributed by atoms with E-state index < -0.39 is 0 Å². The average Bonchev–Trinajstić information content (AvgIpc) is 3.16. The third kappa shape index (κ3) is 3.65. The van der Waals surface area contributed by atoms with Gasteiger partial charge in [-0.15, -0.1) is 0 Å². The number of piperidine rings is 1. The quantitative estimate of drug-likeness (QED) is 0.783. The maximum absolute atomic E-state index is 9.25. The van der Waals surface area contributed by atoms with Crippen molar-refractivity contribution in [3.05, 3.63) is 24.0 Å². The fourth-order valence-corrected chi connectivity index (χ4v) is 3.42. The minimum atomic E-state index is 0.233. The molecule has 130 valence electrons. The van der Waals surface area contributed by atoms with Crippen molar-refractivity contribution in [2.75, 3.05) is 36.9 Å². The van der Waals surface area contributed by atoms with Crippen LogP contribution >= 0.6 is 0 Å². The predicted molar refractivity (Wildman–Crippen MR) is 96.6 cm³/mol. The largest absolute Gasteiger partial charge is 0.379 e. The lowest BCUT2D eigenvalue weighted by Crippen LogP contribution is -2.38. The maximum Gasteiger partial charge on any atom is 0.143 e. The minimum absolute atomic E-state index is 0.233. The fraction of sp³-hybridized carbons (Fsp3) is 0.500. The molecule has 7 heteroatoms. The molecule has 2 aromatic heterocycles. The van der Waals surface area contributed by atoms with Gasteiger partial charge in [-0.1, -0.05) is 0 Å². The molecular weight excluding hydrogens is 316 g/mol. The number of pyridine rings is 2. The Kier molecular flexibility index (Phi) is 4.63. The molecule has 0 amide bonds. The van der Waals surface area contributed by atoms with Gasteiger partial charge in [-0.2, -0.15) is 5.26 Å². The maximum atomic E-state index is 9.25. The van der Waals surface area contributed by atoms with Crippen LogP contribution in [0.2, 0.25) is 0 Å². The van der Waals surface area contributed by atoms with Gasteiger partial charge < -0.3 is 20.7 Å². The molecule has 0 spiro atoms. The molecule has 0 aliphatic carbocycles. The number of hydrogen-bond acceptors (Lipinski definition) is 7. The first-order valence-electron chi connectivity index (χ1n) is 8.84. The summed E-state index contributed by atoms with van der Waals surface area (Å²) in [6.45, 7) is 3.47. The molecule has 0 radical (unpaired) electrons. The highest BCUT2D eigenvalue weighted by Crippen LogP contribution is 2.26. The molecule has 2 aliphatic rings. The number of rotatable bonds is 4. The molecule has 2 fully saturated rings. The summed E-state index contributed by atoms with van der Waals surface area (Å²) in [7, 11) is 0. The summed E-state index contributed by atoms with van der Waals surface area (Å²) in [5.41, 5.74) is 0.396. The molecule has 3 N–H and O–H groups in total. The Labute approximate surface area is 146 Å². The standard InChI is InChI=1S/C18H22N6O/c19-8-15-6-12-9-21-17(22-13-2-1-4-20-10-13)7-16(12)18(24-15)23-14-3-5-25-11-14/h6-7,9,13-14,20H,1-5,10-11H2,(H,21,22)(H,23,24). The van der Waals surface area contributed by atoms with E-state index in [4.69, 9.17) is 4.74 Å². The zero-order valence-corrected chi connectivity index (χ0v) is 14.1. The lowest BCUT2D eigenvalue weighted by atomic mass is 10.1. The van der Waals surface area contributed by atoms with Crippen molar-refractivity contribution in [2.45, 2.75) is 31.3 Å². The molecule has 2 saturated heterocycles. The number of ether oxygens (including phenoxy) is 1. The Bertz CT molecular complexity index is 790. The van der Waals surface area contributed by atoms with Crippen molar-refractivity contribution in [1.82, 2.24) is 15.3 Å². The molecular formula is C18H22N6O. The third-order valence-corrected chi connectivity index (χ3v) is 4.75. The fourth-order valence-electron chi connectivity index (χ4n) is 3.42. The first kappa shape index (κ1) is 16.1. The smallest absolute Gasteiger partial charge is 0.143 e. The second kappa shape index (κ2) is 7.21. The number of nitrogens with one attached hydrogen (secondary N) is 3. The lowest BCUT2D eigenvalue weighted by Gasteiger charge is -2.24. The highest BCUT2D eigenvalue weighted by molar-refractivity contribution is 5.93. The Morgan fingerprint density at radius 3 is 2.96 bits per heavy atom. The van der Waals surface area contributed by atoms with Gasteiger partial charge in [0.25, 0.3) is 0 Å². The van der Waals surface area contributed by atoms with Crippen LogP contribution in [0.1, 0.15) is 25.0 Å². The zero-order valence-electron chi connectivity index (χ0n) is 14.1. The number of nitriles is 1. The minimum Gasteiger partial charge on any atom is -0.379 e. The van der Waals surface area contributed by atoms with Gasteiger partial charge in [-0.05, 0) is 37.9 Å². The van der Waals surface area contributed by atoms with Crippen LogP contribution in [0, 0.1) is 11.3 Å². The summed E-state index contributed by atoms with van der Waals surface area (Å²) in [4.78, 5) is 9.00. The van der Waals surface area contributed by atoms with Crippen molar-refractivity contribution in [2.24, 2.45) is 0 Å². The van der Waals surface area contributed by atoms with Crippen molar-refractivity contribution >= 4 is 22.4 Å². The molecule has 25 heavy (non-hydrogen) atoms. The summed E-state index contributed by atoms with van der Waals surface area (Å²) in [6, 6.07) is 6.56. The Morgan fingerprint density at radius 2 is 2.20 bits per heavy atom. The van der Waals surface area contributed by atoms with Crippen LogP contribution in [0.3, 0.4) is 0 Å². The van der Waals surface area contributed by atoms with Crippen molar-refractivity contribution in [3.63, 3.8) is 0 Å². The molecule has 0 aromatic carbocycles. The summed E-state index contributed by atoms with van der Waals surface area (Å²) in [5.74, 6) is 1.58. The average molecular weight is 338 g/mol. The van der Waals surface area contributed by atoms with Crippen LogP contribution in [-0.4, -0.2) is 48.4 Å². The molecule has 7 nitrogen and oxygen atoms in total. The van der Waals surface area contributed by atoms with Crippen LogP contribution in [0.5, 0.6) is 0 Å². The van der Waals surface area contributed by atoms with Crippen LogP contribution < -0.4 is 16.0 Å². The molecule has 2 unspecified atom stereocenters. The Morgan fingerprint density at radius 1 is 1.24 bits per heavy atom. The van der Waals surface area contributed by atoms with Gasteiger partial charge >= 0.3 is 0 Å². The first-order chi connectivity index (χ1) is 12.3. The third-order valence-electron chi connectivity index (χ3n) is 4.75. The topological polar surface area (TPSA) is 94.9 Å². The molecule has 2 aliphatic heterocycles. The van der Waals surface area contributed by atoms with E-state index in [9.17, 15) is 5.26 Å². The molecule has 0 bridgehead atoms. The highest BCUT2D eigenvalue weighted by Gasteiger charge is 2.18. The van der Waals surface area contributed by atoms with Crippen molar-refractivity contribution < 1.29 is 4.74 Å². The first-order valence-corrected chi connectivity index (χ1v) is 8.84. The summed E-state index contributed by atoms with van der Waals surface area (Å²) >= 11 is 0. The monoisotopic (exact) mass is 338 g/mol. The van der Waals surface area contributed by atoms with Gasteiger partial charge in [-0.25, -0.2) is 9.97 Å². The number of fused-ring (bicyclic) bond motifs is 1. The van der Waals surface area contributed by atoms with Crippen molar-refractivity contribution in [1.29, 1.82) is 5.26 Å². The van der Waals surface area contributed by atoms with E-state index in [0.717, 1.165) is 54.9 Å². The van der Waals surface area contributed by atoms with Gasteiger partial charge in [0.2, 0.25) is 0 Å². The van der Waals surface area contributed by atoms with Gasteiger partial charge in [0.05, 0.1) is 12.6 Å². The Hall–Kier alpha value is -2.43. The van der Waals surface area contributed by atoms with Gasteiger partial charge in [0, 0.05) is 36.2 Å². The van der Waals surface area contributed by atoms with E-state index in [-0.39, 0.29) is 6.04 Å². The van der Waals surface area contributed by atoms with E-state index in [1.807, 2.05) is 12.3 Å². The number of aromatic nitrogens is 2. The van der Waals surface area contributed by atoms with Gasteiger partial charge in [0.1, 0.15) is 23.4 Å². The predicted octanol–water partition coefficient (Wildman–Crippen LogP) is 1.87. The van der Waals surface area contributed by atoms with Crippen LogP contribution in [0.15, 0.2) is 18.3 Å². The van der Waals surface area contributed by atoms with Gasteiger partial charge in [-0.3, -0.25) is 0 Å². The lowest BCUT2D eigenvalue weighted by molar-refractivity contribution is 0.195. The Balaban J connectivity index is 1.65. The van der Waals surface area contributed by atoms with Crippen LogP contribution in [-0.2, 0) is 4.74 Å². The van der Waals surface area contributed by atoms with E-state index in [1.54, 1.807) is 6.07 Å². The normalized spacial score (nSPS) is 23.3. The second-order valence-electron chi connectivity index (χ2n) is 6.65.